The van der Waals surface area contributed by atoms with E-state index < -0.39 is 0 Å². The molecule has 6 heteroatoms. The van der Waals surface area contributed by atoms with Crippen molar-refractivity contribution in [3.8, 4) is 0 Å². The van der Waals surface area contributed by atoms with Gasteiger partial charge in [0.25, 0.3) is 0 Å². The summed E-state index contributed by atoms with van der Waals surface area (Å²) in [4.78, 5) is 20.8. The van der Waals surface area contributed by atoms with Crippen LogP contribution in [0, 0.1) is 0 Å². The molecule has 2 amide bonds. The SMILES string of the molecule is CSCCN1CCC(NC(=O)N(C)C(C)c2ccncc2)CC1. The molecule has 0 bridgehead atoms. The van der Waals surface area contributed by atoms with Gasteiger partial charge in [-0.2, -0.15) is 11.8 Å². The fourth-order valence-corrected chi connectivity index (χ4v) is 3.28. The molecule has 2 rings (SSSR count). The molecule has 5 nitrogen and oxygen atoms in total. The topological polar surface area (TPSA) is 48.5 Å². The number of likely N-dealkylation sites (tertiary alicyclic amines) is 1. The van der Waals surface area contributed by atoms with Crippen LogP contribution in [0.2, 0.25) is 0 Å². The molecular formula is C17H28N4OS. The molecule has 128 valence electrons. The summed E-state index contributed by atoms with van der Waals surface area (Å²) in [6.45, 7) is 5.35. The van der Waals surface area contributed by atoms with E-state index in [4.69, 9.17) is 0 Å². The van der Waals surface area contributed by atoms with Crippen molar-refractivity contribution in [2.75, 3.05) is 38.7 Å². The number of hydrogen-bond acceptors (Lipinski definition) is 4. The molecule has 0 radical (unpaired) electrons. The third-order valence-electron chi connectivity index (χ3n) is 4.62. The minimum Gasteiger partial charge on any atom is -0.335 e. The zero-order valence-electron chi connectivity index (χ0n) is 14.4. The molecule has 1 N–H and O–H groups in total. The molecule has 0 saturated carbocycles. The summed E-state index contributed by atoms with van der Waals surface area (Å²) in [5.74, 6) is 1.18. The van der Waals surface area contributed by atoms with Gasteiger partial charge in [-0.3, -0.25) is 4.98 Å². The van der Waals surface area contributed by atoms with Gasteiger partial charge >= 0.3 is 6.03 Å². The largest absolute Gasteiger partial charge is 0.335 e. The molecule has 0 aromatic carbocycles. The molecule has 1 fully saturated rings. The summed E-state index contributed by atoms with van der Waals surface area (Å²) in [7, 11) is 1.86. The maximum Gasteiger partial charge on any atom is 0.317 e. The molecule has 1 aromatic rings. The minimum absolute atomic E-state index is 0.0110. The van der Waals surface area contributed by atoms with Crippen LogP contribution >= 0.6 is 11.8 Å². The summed E-state index contributed by atoms with van der Waals surface area (Å²) >= 11 is 1.89. The fraction of sp³-hybridized carbons (Fsp3) is 0.647. The van der Waals surface area contributed by atoms with Gasteiger partial charge in [0.05, 0.1) is 6.04 Å². The summed E-state index contributed by atoms with van der Waals surface area (Å²) in [5, 5.41) is 3.19. The van der Waals surface area contributed by atoms with Crippen molar-refractivity contribution < 1.29 is 4.79 Å². The number of thioether (sulfide) groups is 1. The number of amides is 2. The lowest BCUT2D eigenvalue weighted by Crippen LogP contribution is -2.49. The molecular weight excluding hydrogens is 308 g/mol. The Kier molecular flexibility index (Phi) is 7.17. The number of carbonyl (C=O) groups is 1. The van der Waals surface area contributed by atoms with E-state index in [1.165, 1.54) is 5.75 Å². The molecule has 1 unspecified atom stereocenters. The van der Waals surface area contributed by atoms with E-state index in [1.807, 2.05) is 37.9 Å². The highest BCUT2D eigenvalue weighted by Crippen LogP contribution is 2.18. The normalized spacial score (nSPS) is 17.7. The first-order chi connectivity index (χ1) is 11.1. The standard InChI is InChI=1S/C17H28N4OS/c1-14(15-4-8-18-9-5-15)20(2)17(22)19-16-6-10-21(11-7-16)12-13-23-3/h4-5,8-9,14,16H,6-7,10-13H2,1-3H3,(H,19,22). The van der Waals surface area contributed by atoms with Crippen molar-refractivity contribution in [3.05, 3.63) is 30.1 Å². The Morgan fingerprint density at radius 1 is 1.43 bits per heavy atom. The van der Waals surface area contributed by atoms with Crippen LogP contribution in [0.25, 0.3) is 0 Å². The first kappa shape index (κ1) is 18.1. The van der Waals surface area contributed by atoms with Crippen LogP contribution in [0.5, 0.6) is 0 Å². The van der Waals surface area contributed by atoms with Crippen LogP contribution in [0.1, 0.15) is 31.4 Å². The quantitative estimate of drug-likeness (QED) is 0.867. The van der Waals surface area contributed by atoms with Gasteiger partial charge in [0.2, 0.25) is 0 Å². The van der Waals surface area contributed by atoms with E-state index in [9.17, 15) is 4.79 Å². The van der Waals surface area contributed by atoms with E-state index in [1.54, 1.807) is 17.3 Å². The second-order valence-electron chi connectivity index (χ2n) is 6.13. The molecule has 1 saturated heterocycles. The summed E-state index contributed by atoms with van der Waals surface area (Å²) in [6.07, 6.45) is 7.76. The van der Waals surface area contributed by atoms with E-state index in [0.717, 1.165) is 38.0 Å². The number of aromatic nitrogens is 1. The van der Waals surface area contributed by atoms with E-state index in [2.05, 4.69) is 21.5 Å². The van der Waals surface area contributed by atoms with Gasteiger partial charge in [-0.05, 0) is 43.7 Å². The zero-order valence-corrected chi connectivity index (χ0v) is 15.2. The number of hydrogen-bond donors (Lipinski definition) is 1. The van der Waals surface area contributed by atoms with Crippen LogP contribution in [-0.2, 0) is 0 Å². The molecule has 2 heterocycles. The van der Waals surface area contributed by atoms with Crippen molar-refractivity contribution >= 4 is 17.8 Å². The molecule has 23 heavy (non-hydrogen) atoms. The van der Waals surface area contributed by atoms with Gasteiger partial charge in [-0.1, -0.05) is 0 Å². The van der Waals surface area contributed by atoms with Gasteiger partial charge in [-0.25, -0.2) is 4.79 Å². The van der Waals surface area contributed by atoms with Crippen molar-refractivity contribution in [1.29, 1.82) is 0 Å². The lowest BCUT2D eigenvalue weighted by molar-refractivity contribution is 0.172. The van der Waals surface area contributed by atoms with Crippen molar-refractivity contribution in [3.63, 3.8) is 0 Å². The molecule has 1 aliphatic rings. The summed E-state index contributed by atoms with van der Waals surface area (Å²) in [6, 6.07) is 4.26. The van der Waals surface area contributed by atoms with E-state index in [0.29, 0.717) is 6.04 Å². The van der Waals surface area contributed by atoms with Crippen molar-refractivity contribution in [2.45, 2.75) is 31.8 Å². The summed E-state index contributed by atoms with van der Waals surface area (Å²) in [5.41, 5.74) is 1.10. The molecule has 0 aliphatic carbocycles. The monoisotopic (exact) mass is 336 g/mol. The number of rotatable bonds is 6. The Bertz CT molecular complexity index is 477. The number of nitrogens with zero attached hydrogens (tertiary/aromatic N) is 3. The number of carbonyl (C=O) groups excluding carboxylic acids is 1. The Balaban J connectivity index is 1.78. The van der Waals surface area contributed by atoms with Crippen LogP contribution < -0.4 is 5.32 Å². The van der Waals surface area contributed by atoms with Crippen LogP contribution in [0.15, 0.2) is 24.5 Å². The van der Waals surface area contributed by atoms with Crippen LogP contribution in [-0.4, -0.2) is 65.5 Å². The molecule has 0 spiro atoms. The van der Waals surface area contributed by atoms with Gasteiger partial charge in [-0.15, -0.1) is 0 Å². The Morgan fingerprint density at radius 3 is 2.70 bits per heavy atom. The first-order valence-electron chi connectivity index (χ1n) is 8.26. The van der Waals surface area contributed by atoms with Gasteiger partial charge in [0.15, 0.2) is 0 Å². The first-order valence-corrected chi connectivity index (χ1v) is 9.65. The van der Waals surface area contributed by atoms with E-state index in [-0.39, 0.29) is 12.1 Å². The highest BCUT2D eigenvalue weighted by Gasteiger charge is 2.23. The smallest absolute Gasteiger partial charge is 0.317 e. The van der Waals surface area contributed by atoms with E-state index >= 15 is 0 Å². The van der Waals surface area contributed by atoms with Gasteiger partial charge < -0.3 is 15.1 Å². The third-order valence-corrected chi connectivity index (χ3v) is 5.21. The maximum absolute atomic E-state index is 12.5. The Labute approximate surface area is 143 Å². The molecule has 1 aromatic heterocycles. The van der Waals surface area contributed by atoms with Gasteiger partial charge in [0.1, 0.15) is 0 Å². The third kappa shape index (κ3) is 5.39. The Morgan fingerprint density at radius 2 is 2.09 bits per heavy atom. The minimum atomic E-state index is 0.0110. The second kappa shape index (κ2) is 9.13. The average Bonchev–Trinajstić information content (AvgIpc) is 2.60. The predicted molar refractivity (Wildman–Crippen MR) is 96.8 cm³/mol. The number of nitrogens with one attached hydrogen (secondary N) is 1. The summed E-state index contributed by atoms with van der Waals surface area (Å²) < 4.78 is 0. The molecule has 1 aliphatic heterocycles. The lowest BCUT2D eigenvalue weighted by Gasteiger charge is -2.34. The second-order valence-corrected chi connectivity index (χ2v) is 7.11. The number of urea groups is 1. The average molecular weight is 337 g/mol. The lowest BCUT2D eigenvalue weighted by atomic mass is 10.1. The zero-order chi connectivity index (χ0) is 16.7. The van der Waals surface area contributed by atoms with Crippen LogP contribution in [0.4, 0.5) is 4.79 Å². The van der Waals surface area contributed by atoms with Crippen molar-refractivity contribution in [1.82, 2.24) is 20.1 Å². The number of piperidine rings is 1. The Hall–Kier alpha value is -1.27. The number of pyridine rings is 1. The fourth-order valence-electron chi connectivity index (χ4n) is 2.84. The molecule has 1 atom stereocenters. The maximum atomic E-state index is 12.5. The van der Waals surface area contributed by atoms with Crippen LogP contribution in [0.3, 0.4) is 0 Å². The highest BCUT2D eigenvalue weighted by atomic mass is 32.2. The van der Waals surface area contributed by atoms with Gasteiger partial charge in [0, 0.05) is 50.9 Å². The predicted octanol–water partition coefficient (Wildman–Crippen LogP) is 2.61. The highest BCUT2D eigenvalue weighted by molar-refractivity contribution is 7.98. The van der Waals surface area contributed by atoms with Crippen molar-refractivity contribution in [2.24, 2.45) is 0 Å².